The average molecular weight is 609 g/mol. The lowest BCUT2D eigenvalue weighted by Crippen LogP contribution is -2.32. The molecule has 2 aromatic heterocycles. The van der Waals surface area contributed by atoms with E-state index in [1.54, 1.807) is 32.9 Å². The summed E-state index contributed by atoms with van der Waals surface area (Å²) in [5.74, 6) is -0.694. The minimum absolute atomic E-state index is 0.0400. The molecular formula is C30H27F3N6O5. The van der Waals surface area contributed by atoms with Crippen molar-refractivity contribution in [3.63, 3.8) is 0 Å². The summed E-state index contributed by atoms with van der Waals surface area (Å²) >= 11 is 0. The second-order valence-electron chi connectivity index (χ2n) is 10.3. The zero-order valence-corrected chi connectivity index (χ0v) is 24.0. The Kier molecular flexibility index (Phi) is 9.57. The van der Waals surface area contributed by atoms with Crippen LogP contribution in [0.3, 0.4) is 0 Å². The van der Waals surface area contributed by atoms with Crippen molar-refractivity contribution in [2.45, 2.75) is 40.1 Å². The lowest BCUT2D eigenvalue weighted by atomic mass is 9.95. The number of hydrogen-bond acceptors (Lipinski definition) is 10. The van der Waals surface area contributed by atoms with Crippen LogP contribution in [0.2, 0.25) is 0 Å². The summed E-state index contributed by atoms with van der Waals surface area (Å²) in [6.07, 6.45) is -4.64. The molecule has 0 atom stereocenters. The molecule has 0 unspecified atom stereocenters. The molecule has 0 amide bonds. The van der Waals surface area contributed by atoms with E-state index in [0.29, 0.717) is 16.7 Å². The molecule has 0 aliphatic heterocycles. The van der Waals surface area contributed by atoms with Crippen molar-refractivity contribution < 1.29 is 37.0 Å². The largest absolute Gasteiger partial charge is 0.508 e. The van der Waals surface area contributed by atoms with Gasteiger partial charge in [-0.05, 0) is 56.2 Å². The van der Waals surface area contributed by atoms with Gasteiger partial charge in [0.25, 0.3) is 0 Å². The second-order valence-corrected chi connectivity index (χ2v) is 10.3. The summed E-state index contributed by atoms with van der Waals surface area (Å²) in [5.41, 5.74) is 0.0917. The number of aromatic nitrogens is 5. The van der Waals surface area contributed by atoms with Crippen LogP contribution in [0.25, 0.3) is 22.6 Å². The first-order valence-electron chi connectivity index (χ1n) is 13.2. The van der Waals surface area contributed by atoms with E-state index in [9.17, 15) is 28.0 Å². The number of carbonyl (C=O) groups is 2. The molecule has 0 spiro atoms. The van der Waals surface area contributed by atoms with Gasteiger partial charge in [-0.1, -0.05) is 30.3 Å². The molecule has 0 saturated heterocycles. The van der Waals surface area contributed by atoms with Gasteiger partial charge in [-0.15, -0.1) is 5.10 Å². The molecule has 44 heavy (non-hydrogen) atoms. The van der Waals surface area contributed by atoms with E-state index < -0.39 is 29.4 Å². The summed E-state index contributed by atoms with van der Waals surface area (Å²) in [5, 5.41) is 18.0. The van der Waals surface area contributed by atoms with Crippen molar-refractivity contribution in [1.29, 1.82) is 5.26 Å². The summed E-state index contributed by atoms with van der Waals surface area (Å²) < 4.78 is 55.0. The molecule has 0 saturated carbocycles. The van der Waals surface area contributed by atoms with Gasteiger partial charge in [0.2, 0.25) is 0 Å². The Labute approximate surface area is 250 Å². The molecule has 4 rings (SSSR count). The van der Waals surface area contributed by atoms with E-state index in [1.165, 1.54) is 6.07 Å². The molecule has 14 heteroatoms. The van der Waals surface area contributed by atoms with E-state index >= 15 is 0 Å². The highest BCUT2D eigenvalue weighted by Gasteiger charge is 2.33. The maximum absolute atomic E-state index is 13.2. The van der Waals surface area contributed by atoms with Gasteiger partial charge >= 0.3 is 18.3 Å². The molecule has 0 fully saturated rings. The van der Waals surface area contributed by atoms with Gasteiger partial charge in [0.05, 0.1) is 12.0 Å². The van der Waals surface area contributed by atoms with Gasteiger partial charge < -0.3 is 14.2 Å². The Morgan fingerprint density at radius 3 is 2.41 bits per heavy atom. The molecule has 228 valence electrons. The standard InChI is InChI=1S/C30H27F3N6O5/c1-19-13-21(15-22(14-19)26-35-10-9-24(36-26)30(31,32)33)25-23(16-34)37-39(38-25)11-12-42-28(41)44-18-29(2,3)27(40)43-17-20-7-5-4-6-8-20/h4-10,13-15H,11-12,17-18H2,1-3H3. The lowest BCUT2D eigenvalue weighted by molar-refractivity contribution is -0.158. The Bertz CT molecular complexity index is 1680. The zero-order valence-electron chi connectivity index (χ0n) is 24.0. The molecule has 0 aliphatic carbocycles. The highest BCUT2D eigenvalue weighted by Crippen LogP contribution is 2.31. The normalized spacial score (nSPS) is 11.5. The molecule has 2 aromatic carbocycles. The Balaban J connectivity index is 1.35. The molecule has 0 aliphatic rings. The average Bonchev–Trinajstić information content (AvgIpc) is 3.42. The minimum Gasteiger partial charge on any atom is -0.460 e. The maximum Gasteiger partial charge on any atom is 0.508 e. The van der Waals surface area contributed by atoms with E-state index in [0.717, 1.165) is 22.6 Å². The fourth-order valence-electron chi connectivity index (χ4n) is 3.89. The molecule has 0 bridgehead atoms. The quantitative estimate of drug-likeness (QED) is 0.211. The molecule has 4 aromatic rings. The fraction of sp³-hybridized carbons (Fsp3) is 0.300. The number of ether oxygens (including phenoxy) is 3. The van der Waals surface area contributed by atoms with Crippen LogP contribution in [-0.2, 0) is 38.3 Å². The van der Waals surface area contributed by atoms with Gasteiger partial charge in [0.15, 0.2) is 11.5 Å². The minimum atomic E-state index is -4.64. The Morgan fingerprint density at radius 2 is 1.70 bits per heavy atom. The molecule has 11 nitrogen and oxygen atoms in total. The summed E-state index contributed by atoms with van der Waals surface area (Å²) in [7, 11) is 0. The zero-order chi connectivity index (χ0) is 31.9. The number of alkyl halides is 3. The van der Waals surface area contributed by atoms with E-state index in [2.05, 4.69) is 20.2 Å². The van der Waals surface area contributed by atoms with Crippen LogP contribution in [0, 0.1) is 23.7 Å². The van der Waals surface area contributed by atoms with Gasteiger partial charge in [-0.25, -0.2) is 14.8 Å². The summed E-state index contributed by atoms with van der Waals surface area (Å²) in [6.45, 7) is 4.41. The van der Waals surface area contributed by atoms with Crippen molar-refractivity contribution in [2.75, 3.05) is 13.2 Å². The van der Waals surface area contributed by atoms with Crippen LogP contribution < -0.4 is 0 Å². The number of hydrogen-bond donors (Lipinski definition) is 0. The number of aryl methyl sites for hydroxylation is 1. The summed E-state index contributed by atoms with van der Waals surface area (Å²) in [6, 6.07) is 16.7. The van der Waals surface area contributed by atoms with Crippen molar-refractivity contribution in [3.8, 4) is 28.7 Å². The SMILES string of the molecule is Cc1cc(-c2nccc(C(F)(F)F)n2)cc(-c2nn(CCOC(=O)OCC(C)(C)C(=O)OCc3ccccc3)nc2C#N)c1. The van der Waals surface area contributed by atoms with Gasteiger partial charge in [0, 0.05) is 17.3 Å². The second kappa shape index (κ2) is 13.3. The monoisotopic (exact) mass is 608 g/mol. The van der Waals surface area contributed by atoms with Crippen LogP contribution in [-0.4, -0.2) is 50.3 Å². The molecule has 0 N–H and O–H groups in total. The third-order valence-electron chi connectivity index (χ3n) is 6.14. The molecule has 2 heterocycles. The Hall–Kier alpha value is -5.32. The predicted octanol–water partition coefficient (Wildman–Crippen LogP) is 5.52. The number of nitrogens with zero attached hydrogens (tertiary/aromatic N) is 6. The van der Waals surface area contributed by atoms with Gasteiger partial charge in [0.1, 0.15) is 37.3 Å². The first-order valence-corrected chi connectivity index (χ1v) is 13.2. The first-order chi connectivity index (χ1) is 20.9. The third-order valence-corrected chi connectivity index (χ3v) is 6.14. The van der Waals surface area contributed by atoms with Crippen molar-refractivity contribution in [2.24, 2.45) is 5.41 Å². The van der Waals surface area contributed by atoms with Gasteiger partial charge in [-0.3, -0.25) is 4.79 Å². The van der Waals surface area contributed by atoms with Crippen molar-refractivity contribution in [3.05, 3.63) is 83.3 Å². The fourth-order valence-corrected chi connectivity index (χ4v) is 3.89. The lowest BCUT2D eigenvalue weighted by Gasteiger charge is -2.22. The highest BCUT2D eigenvalue weighted by molar-refractivity contribution is 5.76. The number of esters is 1. The topological polar surface area (TPSA) is 142 Å². The van der Waals surface area contributed by atoms with Gasteiger partial charge in [-0.2, -0.15) is 28.3 Å². The van der Waals surface area contributed by atoms with Crippen molar-refractivity contribution in [1.82, 2.24) is 25.0 Å². The number of carbonyl (C=O) groups excluding carboxylic acids is 2. The molecular weight excluding hydrogens is 581 g/mol. The third kappa shape index (κ3) is 8.15. The van der Waals surface area contributed by atoms with Crippen LogP contribution >= 0.6 is 0 Å². The van der Waals surface area contributed by atoms with E-state index in [4.69, 9.17) is 14.2 Å². The number of benzene rings is 2. The predicted molar refractivity (Wildman–Crippen MR) is 148 cm³/mol. The van der Waals surface area contributed by atoms with E-state index in [1.807, 2.05) is 36.4 Å². The van der Waals surface area contributed by atoms with E-state index in [-0.39, 0.29) is 43.6 Å². The number of rotatable bonds is 10. The van der Waals surface area contributed by atoms with Crippen LogP contribution in [0.4, 0.5) is 18.0 Å². The highest BCUT2D eigenvalue weighted by atomic mass is 19.4. The van der Waals surface area contributed by atoms with Crippen LogP contribution in [0.15, 0.2) is 60.8 Å². The first kappa shape index (κ1) is 31.6. The Morgan fingerprint density at radius 1 is 0.977 bits per heavy atom. The van der Waals surface area contributed by atoms with Crippen LogP contribution in [0.5, 0.6) is 0 Å². The number of nitriles is 1. The number of halogens is 3. The van der Waals surface area contributed by atoms with Crippen molar-refractivity contribution >= 4 is 12.1 Å². The maximum atomic E-state index is 13.2. The smallest absolute Gasteiger partial charge is 0.460 e. The summed E-state index contributed by atoms with van der Waals surface area (Å²) in [4.78, 5) is 33.3. The molecule has 0 radical (unpaired) electrons. The van der Waals surface area contributed by atoms with Crippen LogP contribution in [0.1, 0.15) is 36.4 Å².